The summed E-state index contributed by atoms with van der Waals surface area (Å²) in [4.78, 5) is 0. The molecule has 0 radical (unpaired) electrons. The van der Waals surface area contributed by atoms with Gasteiger partial charge in [-0.05, 0) is 47.2 Å². The van der Waals surface area contributed by atoms with Gasteiger partial charge in [-0.1, -0.05) is 32.0 Å². The Labute approximate surface area is 122 Å². The zero-order chi connectivity index (χ0) is 13.0. The lowest BCUT2D eigenvalue weighted by Crippen LogP contribution is -2.21. The molecular formula is C14H18IN3. The average Bonchev–Trinajstić information content (AvgIpc) is 2.82. The molecule has 0 bridgehead atoms. The molecule has 0 aliphatic rings. The molecule has 3 nitrogen and oxygen atoms in total. The van der Waals surface area contributed by atoms with Crippen molar-refractivity contribution in [2.45, 2.75) is 26.3 Å². The molecule has 2 rings (SSSR count). The lowest BCUT2D eigenvalue weighted by molar-refractivity contribution is 0.534. The minimum Gasteiger partial charge on any atom is -0.310 e. The molecule has 1 N–H and O–H groups in total. The van der Waals surface area contributed by atoms with Gasteiger partial charge in [-0.3, -0.25) is 0 Å². The van der Waals surface area contributed by atoms with Crippen molar-refractivity contribution in [2.75, 3.05) is 6.54 Å². The van der Waals surface area contributed by atoms with Gasteiger partial charge in [0, 0.05) is 12.2 Å². The van der Waals surface area contributed by atoms with E-state index in [2.05, 4.69) is 77.3 Å². The molecule has 0 spiro atoms. The maximum absolute atomic E-state index is 4.40. The number of halogens is 1. The zero-order valence-electron chi connectivity index (χ0n) is 10.7. The fraction of sp³-hybridized carbons (Fsp3) is 0.357. The molecule has 0 amide bonds. The Morgan fingerprint density at radius 2 is 2.11 bits per heavy atom. The SMILES string of the molecule is CCNC(CC)c1ccccc1-n1cc(I)cn1. The van der Waals surface area contributed by atoms with E-state index in [1.165, 1.54) is 5.56 Å². The van der Waals surface area contributed by atoms with E-state index in [0.717, 1.165) is 22.2 Å². The average molecular weight is 355 g/mol. The van der Waals surface area contributed by atoms with Gasteiger partial charge < -0.3 is 5.32 Å². The highest BCUT2D eigenvalue weighted by atomic mass is 127. The van der Waals surface area contributed by atoms with E-state index in [1.54, 1.807) is 0 Å². The van der Waals surface area contributed by atoms with Crippen LogP contribution in [0.1, 0.15) is 31.9 Å². The molecule has 2 aromatic rings. The van der Waals surface area contributed by atoms with Crippen molar-refractivity contribution >= 4 is 22.6 Å². The van der Waals surface area contributed by atoms with Gasteiger partial charge in [0.05, 0.1) is 15.5 Å². The fourth-order valence-corrected chi connectivity index (χ4v) is 2.53. The van der Waals surface area contributed by atoms with Gasteiger partial charge >= 0.3 is 0 Å². The Kier molecular flexibility index (Phi) is 4.77. The predicted molar refractivity (Wildman–Crippen MR) is 83.0 cm³/mol. The molecular weight excluding hydrogens is 337 g/mol. The van der Waals surface area contributed by atoms with Crippen LogP contribution in [0, 0.1) is 3.57 Å². The Balaban J connectivity index is 2.41. The van der Waals surface area contributed by atoms with Crippen LogP contribution in [0.5, 0.6) is 0 Å². The molecule has 1 heterocycles. The molecule has 18 heavy (non-hydrogen) atoms. The molecule has 1 aromatic carbocycles. The van der Waals surface area contributed by atoms with Crippen molar-refractivity contribution in [3.05, 3.63) is 45.8 Å². The highest BCUT2D eigenvalue weighted by Crippen LogP contribution is 2.24. The van der Waals surface area contributed by atoms with Crippen LogP contribution < -0.4 is 5.32 Å². The first-order chi connectivity index (χ1) is 8.76. The van der Waals surface area contributed by atoms with E-state index < -0.39 is 0 Å². The van der Waals surface area contributed by atoms with Gasteiger partial charge in [0.15, 0.2) is 0 Å². The van der Waals surface area contributed by atoms with E-state index in [-0.39, 0.29) is 0 Å². The van der Waals surface area contributed by atoms with Gasteiger partial charge in [0.1, 0.15) is 0 Å². The first kappa shape index (κ1) is 13.5. The molecule has 0 aliphatic heterocycles. The summed E-state index contributed by atoms with van der Waals surface area (Å²) in [6, 6.07) is 8.84. The minimum atomic E-state index is 0.382. The van der Waals surface area contributed by atoms with Crippen LogP contribution in [0.4, 0.5) is 0 Å². The summed E-state index contributed by atoms with van der Waals surface area (Å²) in [5.74, 6) is 0. The van der Waals surface area contributed by atoms with Crippen molar-refractivity contribution in [3.63, 3.8) is 0 Å². The number of hydrogen-bond acceptors (Lipinski definition) is 2. The molecule has 1 aromatic heterocycles. The third kappa shape index (κ3) is 2.92. The molecule has 1 atom stereocenters. The number of hydrogen-bond donors (Lipinski definition) is 1. The van der Waals surface area contributed by atoms with Crippen molar-refractivity contribution in [2.24, 2.45) is 0 Å². The largest absolute Gasteiger partial charge is 0.310 e. The Bertz CT molecular complexity index is 507. The lowest BCUT2D eigenvalue weighted by atomic mass is 10.0. The van der Waals surface area contributed by atoms with E-state index in [9.17, 15) is 0 Å². The van der Waals surface area contributed by atoms with Crippen molar-refractivity contribution in [3.8, 4) is 5.69 Å². The first-order valence-corrected chi connectivity index (χ1v) is 7.37. The zero-order valence-corrected chi connectivity index (χ0v) is 12.9. The van der Waals surface area contributed by atoms with E-state index in [1.807, 2.05) is 10.9 Å². The number of aromatic nitrogens is 2. The van der Waals surface area contributed by atoms with Crippen LogP contribution in [0.3, 0.4) is 0 Å². The molecule has 0 saturated heterocycles. The first-order valence-electron chi connectivity index (χ1n) is 6.29. The van der Waals surface area contributed by atoms with Crippen LogP contribution >= 0.6 is 22.6 Å². The molecule has 1 unspecified atom stereocenters. The van der Waals surface area contributed by atoms with Gasteiger partial charge in [-0.2, -0.15) is 5.10 Å². The van der Waals surface area contributed by atoms with Gasteiger partial charge in [-0.15, -0.1) is 0 Å². The second-order valence-electron chi connectivity index (χ2n) is 4.18. The second-order valence-corrected chi connectivity index (χ2v) is 5.43. The molecule has 96 valence electrons. The normalized spacial score (nSPS) is 12.6. The summed E-state index contributed by atoms with van der Waals surface area (Å²) in [5.41, 5.74) is 2.47. The van der Waals surface area contributed by atoms with E-state index in [4.69, 9.17) is 0 Å². The number of benzene rings is 1. The number of para-hydroxylation sites is 1. The summed E-state index contributed by atoms with van der Waals surface area (Å²) in [6.45, 7) is 5.32. The molecule has 4 heteroatoms. The maximum Gasteiger partial charge on any atom is 0.0693 e. The standard InChI is InChI=1S/C14H18IN3/c1-3-13(16-4-2)12-7-5-6-8-14(12)18-10-11(15)9-17-18/h5-10,13,16H,3-4H2,1-2H3. The summed E-state index contributed by atoms with van der Waals surface area (Å²) in [6.07, 6.45) is 5.01. The van der Waals surface area contributed by atoms with Crippen LogP contribution in [0.2, 0.25) is 0 Å². The van der Waals surface area contributed by atoms with Crippen LogP contribution in [-0.4, -0.2) is 16.3 Å². The topological polar surface area (TPSA) is 29.9 Å². The van der Waals surface area contributed by atoms with Gasteiger partial charge in [-0.25, -0.2) is 4.68 Å². The quantitative estimate of drug-likeness (QED) is 0.832. The minimum absolute atomic E-state index is 0.382. The highest BCUT2D eigenvalue weighted by molar-refractivity contribution is 14.1. The fourth-order valence-electron chi connectivity index (χ4n) is 2.14. The summed E-state index contributed by atoms with van der Waals surface area (Å²) >= 11 is 2.28. The van der Waals surface area contributed by atoms with E-state index >= 15 is 0 Å². The van der Waals surface area contributed by atoms with Crippen molar-refractivity contribution in [1.29, 1.82) is 0 Å². The molecule has 0 fully saturated rings. The number of nitrogens with zero attached hydrogens (tertiary/aromatic N) is 2. The van der Waals surface area contributed by atoms with Crippen LogP contribution in [0.15, 0.2) is 36.7 Å². The Morgan fingerprint density at radius 3 is 2.72 bits per heavy atom. The summed E-state index contributed by atoms with van der Waals surface area (Å²) < 4.78 is 3.11. The predicted octanol–water partition coefficient (Wildman–Crippen LogP) is 3.54. The summed E-state index contributed by atoms with van der Waals surface area (Å²) in [7, 11) is 0. The van der Waals surface area contributed by atoms with Crippen LogP contribution in [0.25, 0.3) is 5.69 Å². The third-order valence-electron chi connectivity index (χ3n) is 2.97. The lowest BCUT2D eigenvalue weighted by Gasteiger charge is -2.19. The van der Waals surface area contributed by atoms with Crippen LogP contribution in [-0.2, 0) is 0 Å². The highest BCUT2D eigenvalue weighted by Gasteiger charge is 2.13. The Hall–Kier alpha value is -0.880. The van der Waals surface area contributed by atoms with Gasteiger partial charge in [0.2, 0.25) is 0 Å². The monoisotopic (exact) mass is 355 g/mol. The van der Waals surface area contributed by atoms with Gasteiger partial charge in [0.25, 0.3) is 0 Å². The molecule has 0 saturated carbocycles. The summed E-state index contributed by atoms with van der Waals surface area (Å²) in [5, 5.41) is 7.93. The second kappa shape index (κ2) is 6.33. The number of rotatable bonds is 5. The smallest absolute Gasteiger partial charge is 0.0693 e. The number of nitrogens with one attached hydrogen (secondary N) is 1. The third-order valence-corrected chi connectivity index (χ3v) is 3.53. The van der Waals surface area contributed by atoms with Crippen molar-refractivity contribution in [1.82, 2.24) is 15.1 Å². The van der Waals surface area contributed by atoms with E-state index in [0.29, 0.717) is 6.04 Å². The Morgan fingerprint density at radius 1 is 1.33 bits per heavy atom. The molecule has 0 aliphatic carbocycles. The maximum atomic E-state index is 4.40. The van der Waals surface area contributed by atoms with Crippen molar-refractivity contribution < 1.29 is 0 Å².